The van der Waals surface area contributed by atoms with Gasteiger partial charge in [-0.15, -0.1) is 0 Å². The zero-order valence-corrected chi connectivity index (χ0v) is 17.8. The Morgan fingerprint density at radius 2 is 1.57 bits per heavy atom. The lowest BCUT2D eigenvalue weighted by atomic mass is 9.95. The molecular formula is C26H28O4. The van der Waals surface area contributed by atoms with Crippen LogP contribution in [0.2, 0.25) is 0 Å². The second-order valence-corrected chi connectivity index (χ2v) is 7.81. The highest BCUT2D eigenvalue weighted by molar-refractivity contribution is 5.89. The predicted octanol–water partition coefficient (Wildman–Crippen LogP) is 5.38. The average molecular weight is 405 g/mol. The van der Waals surface area contributed by atoms with Crippen LogP contribution >= 0.6 is 0 Å². The van der Waals surface area contributed by atoms with Crippen LogP contribution in [0.25, 0.3) is 11.1 Å². The van der Waals surface area contributed by atoms with Gasteiger partial charge in [-0.05, 0) is 79.8 Å². The standard InChI is InChI=1S/C26H28O4/c1-17(2)25(27)29-16-6-7-19-10-12-20(13-11-19)21-14-15-24(30-26(28)18(3)4)23-9-5-8-22(21)23/h10-15H,1,3,5-9,16H2,2,4H3. The van der Waals surface area contributed by atoms with Crippen LogP contribution in [0.3, 0.4) is 0 Å². The van der Waals surface area contributed by atoms with Crippen LogP contribution in [0.5, 0.6) is 5.75 Å². The van der Waals surface area contributed by atoms with E-state index in [9.17, 15) is 9.59 Å². The molecule has 1 aliphatic carbocycles. The third-order valence-electron chi connectivity index (χ3n) is 5.25. The van der Waals surface area contributed by atoms with Gasteiger partial charge in [0.05, 0.1) is 6.61 Å². The molecule has 0 saturated carbocycles. The fourth-order valence-electron chi connectivity index (χ4n) is 3.64. The normalized spacial score (nSPS) is 12.2. The Morgan fingerprint density at radius 3 is 2.23 bits per heavy atom. The van der Waals surface area contributed by atoms with Gasteiger partial charge in [-0.25, -0.2) is 9.59 Å². The topological polar surface area (TPSA) is 52.6 Å². The third kappa shape index (κ3) is 5.07. The maximum absolute atomic E-state index is 11.9. The van der Waals surface area contributed by atoms with Crippen molar-refractivity contribution < 1.29 is 19.1 Å². The first-order valence-electron chi connectivity index (χ1n) is 10.3. The summed E-state index contributed by atoms with van der Waals surface area (Å²) in [6.45, 7) is 10.9. The van der Waals surface area contributed by atoms with Gasteiger partial charge in [0.2, 0.25) is 0 Å². The Bertz CT molecular complexity index is 983. The molecule has 0 unspecified atom stereocenters. The van der Waals surface area contributed by atoms with E-state index >= 15 is 0 Å². The van der Waals surface area contributed by atoms with E-state index in [1.807, 2.05) is 12.1 Å². The maximum Gasteiger partial charge on any atom is 0.338 e. The van der Waals surface area contributed by atoms with E-state index in [1.54, 1.807) is 13.8 Å². The molecule has 0 N–H and O–H groups in total. The number of fused-ring (bicyclic) bond motifs is 1. The van der Waals surface area contributed by atoms with Crippen LogP contribution in [0.15, 0.2) is 60.7 Å². The SMILES string of the molecule is C=C(C)C(=O)OCCCc1ccc(-c2ccc(OC(=O)C(=C)C)c3c2CCC3)cc1. The van der Waals surface area contributed by atoms with E-state index in [0.29, 0.717) is 23.5 Å². The number of aryl methyl sites for hydroxylation is 1. The summed E-state index contributed by atoms with van der Waals surface area (Å²) in [7, 11) is 0. The Morgan fingerprint density at radius 1 is 0.900 bits per heavy atom. The summed E-state index contributed by atoms with van der Waals surface area (Å²) in [4.78, 5) is 23.3. The lowest BCUT2D eigenvalue weighted by molar-refractivity contribution is -0.139. The number of esters is 2. The van der Waals surface area contributed by atoms with Crippen molar-refractivity contribution in [1.29, 1.82) is 0 Å². The maximum atomic E-state index is 11.9. The van der Waals surface area contributed by atoms with Gasteiger partial charge in [0.25, 0.3) is 0 Å². The van der Waals surface area contributed by atoms with Gasteiger partial charge in [-0.3, -0.25) is 0 Å². The molecule has 1 aliphatic rings. The highest BCUT2D eigenvalue weighted by atomic mass is 16.5. The summed E-state index contributed by atoms with van der Waals surface area (Å²) in [5, 5.41) is 0. The molecule has 0 aliphatic heterocycles. The summed E-state index contributed by atoms with van der Waals surface area (Å²) < 4.78 is 10.7. The summed E-state index contributed by atoms with van der Waals surface area (Å²) in [6, 6.07) is 12.4. The number of carbonyl (C=O) groups excluding carboxylic acids is 2. The fraction of sp³-hybridized carbons (Fsp3) is 0.308. The second kappa shape index (κ2) is 9.57. The minimum Gasteiger partial charge on any atom is -0.462 e. The summed E-state index contributed by atoms with van der Waals surface area (Å²) in [5.74, 6) is -0.0631. The monoisotopic (exact) mass is 404 g/mol. The van der Waals surface area contributed by atoms with E-state index < -0.39 is 0 Å². The van der Waals surface area contributed by atoms with E-state index in [0.717, 1.165) is 43.2 Å². The summed E-state index contributed by atoms with van der Waals surface area (Å²) >= 11 is 0. The lowest BCUT2D eigenvalue weighted by Crippen LogP contribution is -2.10. The number of hydrogen-bond donors (Lipinski definition) is 0. The molecule has 3 rings (SSSR count). The zero-order chi connectivity index (χ0) is 21.7. The molecule has 0 radical (unpaired) electrons. The third-order valence-corrected chi connectivity index (χ3v) is 5.25. The van der Waals surface area contributed by atoms with Crippen LogP contribution in [-0.2, 0) is 33.6 Å². The van der Waals surface area contributed by atoms with E-state index in [4.69, 9.17) is 9.47 Å². The van der Waals surface area contributed by atoms with Crippen molar-refractivity contribution in [1.82, 2.24) is 0 Å². The van der Waals surface area contributed by atoms with Crippen LogP contribution in [0, 0.1) is 0 Å². The molecule has 0 bridgehead atoms. The molecule has 0 heterocycles. The van der Waals surface area contributed by atoms with Gasteiger partial charge in [0, 0.05) is 11.1 Å². The van der Waals surface area contributed by atoms with Gasteiger partial charge in [0.15, 0.2) is 0 Å². The molecular weight excluding hydrogens is 376 g/mol. The molecule has 2 aromatic carbocycles. The first-order valence-corrected chi connectivity index (χ1v) is 10.3. The molecule has 30 heavy (non-hydrogen) atoms. The van der Waals surface area contributed by atoms with Gasteiger partial charge in [-0.1, -0.05) is 43.5 Å². The zero-order valence-electron chi connectivity index (χ0n) is 17.8. The van der Waals surface area contributed by atoms with Gasteiger partial charge >= 0.3 is 11.9 Å². The van der Waals surface area contributed by atoms with Crippen molar-refractivity contribution in [2.75, 3.05) is 6.61 Å². The van der Waals surface area contributed by atoms with Crippen molar-refractivity contribution in [2.24, 2.45) is 0 Å². The minimum absolute atomic E-state index is 0.336. The molecule has 4 nitrogen and oxygen atoms in total. The van der Waals surface area contributed by atoms with Gasteiger partial charge < -0.3 is 9.47 Å². The molecule has 0 fully saturated rings. The largest absolute Gasteiger partial charge is 0.462 e. The average Bonchev–Trinajstić information content (AvgIpc) is 3.22. The van der Waals surface area contributed by atoms with Gasteiger partial charge in [-0.2, -0.15) is 0 Å². The van der Waals surface area contributed by atoms with E-state index in [1.165, 1.54) is 16.7 Å². The Balaban J connectivity index is 1.68. The molecule has 4 heteroatoms. The van der Waals surface area contributed by atoms with Crippen molar-refractivity contribution in [3.63, 3.8) is 0 Å². The van der Waals surface area contributed by atoms with Crippen LogP contribution in [0.1, 0.15) is 43.4 Å². The lowest BCUT2D eigenvalue weighted by Gasteiger charge is -2.14. The van der Waals surface area contributed by atoms with Crippen molar-refractivity contribution in [2.45, 2.75) is 46.0 Å². The summed E-state index contributed by atoms with van der Waals surface area (Å²) in [5.41, 5.74) is 6.77. The van der Waals surface area contributed by atoms with Crippen LogP contribution in [-0.4, -0.2) is 18.5 Å². The Hall–Kier alpha value is -3.14. The number of rotatable bonds is 8. The highest BCUT2D eigenvalue weighted by Gasteiger charge is 2.21. The molecule has 2 aromatic rings. The van der Waals surface area contributed by atoms with Crippen molar-refractivity contribution in [3.05, 3.63) is 77.4 Å². The van der Waals surface area contributed by atoms with Crippen LogP contribution < -0.4 is 4.74 Å². The molecule has 0 saturated heterocycles. The molecule has 0 aromatic heterocycles. The number of benzene rings is 2. The molecule has 0 atom stereocenters. The molecule has 156 valence electrons. The first kappa shape index (κ1) is 21.6. The van der Waals surface area contributed by atoms with Crippen molar-refractivity contribution in [3.8, 4) is 16.9 Å². The minimum atomic E-state index is -0.380. The number of carbonyl (C=O) groups is 2. The molecule has 0 spiro atoms. The van der Waals surface area contributed by atoms with Crippen molar-refractivity contribution >= 4 is 11.9 Å². The fourth-order valence-corrected chi connectivity index (χ4v) is 3.64. The molecule has 0 amide bonds. The second-order valence-electron chi connectivity index (χ2n) is 7.81. The van der Waals surface area contributed by atoms with Crippen LogP contribution in [0.4, 0.5) is 0 Å². The van der Waals surface area contributed by atoms with Gasteiger partial charge in [0.1, 0.15) is 5.75 Å². The number of ether oxygens (including phenoxy) is 2. The predicted molar refractivity (Wildman–Crippen MR) is 118 cm³/mol. The smallest absolute Gasteiger partial charge is 0.338 e. The quantitative estimate of drug-likeness (QED) is 0.257. The number of hydrogen-bond acceptors (Lipinski definition) is 4. The van der Waals surface area contributed by atoms with E-state index in [-0.39, 0.29) is 11.9 Å². The highest BCUT2D eigenvalue weighted by Crippen LogP contribution is 2.38. The Labute approximate surface area is 178 Å². The summed E-state index contributed by atoms with van der Waals surface area (Å²) in [6.07, 6.45) is 4.58. The van der Waals surface area contributed by atoms with E-state index in [2.05, 4.69) is 37.4 Å². The Kier molecular flexibility index (Phi) is 6.88. The first-order chi connectivity index (χ1) is 14.4.